The van der Waals surface area contributed by atoms with E-state index in [1.807, 2.05) is 35.0 Å². The third-order valence-corrected chi connectivity index (χ3v) is 2.83. The Bertz CT molecular complexity index is 446. The molecule has 2 aromatic rings. The van der Waals surface area contributed by atoms with E-state index in [2.05, 4.69) is 18.8 Å². The predicted octanol–water partition coefficient (Wildman–Crippen LogP) is 3.69. The third kappa shape index (κ3) is 3.62. The number of benzene rings is 1. The summed E-state index contributed by atoms with van der Waals surface area (Å²) in [6.45, 7) is 5.27. The van der Waals surface area contributed by atoms with E-state index in [1.54, 1.807) is 12.5 Å². The van der Waals surface area contributed by atoms with Crippen LogP contribution in [0.4, 0.5) is 0 Å². The molecule has 0 amide bonds. The van der Waals surface area contributed by atoms with Crippen LogP contribution < -0.4 is 4.74 Å². The maximum absolute atomic E-state index is 5.70. The highest BCUT2D eigenvalue weighted by atomic mass is 16.5. The molecular formula is C15H20N2O. The first-order valence-electron chi connectivity index (χ1n) is 6.47. The van der Waals surface area contributed by atoms with Gasteiger partial charge in [-0.25, -0.2) is 4.98 Å². The second-order valence-electron chi connectivity index (χ2n) is 4.85. The Morgan fingerprint density at radius 1 is 1.22 bits per heavy atom. The fraction of sp³-hybridized carbons (Fsp3) is 0.400. The average molecular weight is 244 g/mol. The third-order valence-electron chi connectivity index (χ3n) is 2.83. The highest BCUT2D eigenvalue weighted by Gasteiger charge is 1.98. The number of hydrogen-bond acceptors (Lipinski definition) is 2. The lowest BCUT2D eigenvalue weighted by Crippen LogP contribution is -1.99. The molecule has 0 aliphatic rings. The first-order valence-corrected chi connectivity index (χ1v) is 6.47. The summed E-state index contributed by atoms with van der Waals surface area (Å²) in [5.74, 6) is 1.68. The van der Waals surface area contributed by atoms with Gasteiger partial charge in [0.25, 0.3) is 0 Å². The number of aromatic nitrogens is 2. The first-order chi connectivity index (χ1) is 8.75. The smallest absolute Gasteiger partial charge is 0.119 e. The SMILES string of the molecule is CC(C)CCCOc1ccc(-n2ccnc2)cc1. The van der Waals surface area contributed by atoms with Crippen LogP contribution in [0.3, 0.4) is 0 Å². The van der Waals surface area contributed by atoms with Crippen LogP contribution in [0.25, 0.3) is 5.69 Å². The van der Waals surface area contributed by atoms with Crippen LogP contribution >= 0.6 is 0 Å². The van der Waals surface area contributed by atoms with E-state index in [9.17, 15) is 0 Å². The molecule has 18 heavy (non-hydrogen) atoms. The van der Waals surface area contributed by atoms with Crippen LogP contribution in [0.15, 0.2) is 43.0 Å². The van der Waals surface area contributed by atoms with Crippen molar-refractivity contribution in [2.45, 2.75) is 26.7 Å². The van der Waals surface area contributed by atoms with Gasteiger partial charge >= 0.3 is 0 Å². The summed E-state index contributed by atoms with van der Waals surface area (Å²) >= 11 is 0. The molecule has 3 nitrogen and oxygen atoms in total. The Morgan fingerprint density at radius 3 is 2.61 bits per heavy atom. The number of rotatable bonds is 6. The minimum absolute atomic E-state index is 0.747. The van der Waals surface area contributed by atoms with Gasteiger partial charge < -0.3 is 9.30 Å². The lowest BCUT2D eigenvalue weighted by molar-refractivity contribution is 0.297. The minimum atomic E-state index is 0.747. The second-order valence-corrected chi connectivity index (χ2v) is 4.85. The molecule has 0 spiro atoms. The van der Waals surface area contributed by atoms with E-state index in [0.29, 0.717) is 0 Å². The van der Waals surface area contributed by atoms with Gasteiger partial charge in [0.05, 0.1) is 12.9 Å². The van der Waals surface area contributed by atoms with Gasteiger partial charge in [0, 0.05) is 18.1 Å². The Kier molecular flexibility index (Phi) is 4.40. The maximum Gasteiger partial charge on any atom is 0.119 e. The summed E-state index contributed by atoms with van der Waals surface area (Å²) in [4.78, 5) is 4.03. The summed E-state index contributed by atoms with van der Waals surface area (Å²) in [7, 11) is 0. The molecule has 0 aliphatic carbocycles. The predicted molar refractivity (Wildman–Crippen MR) is 73.1 cm³/mol. The van der Waals surface area contributed by atoms with Crippen LogP contribution in [-0.4, -0.2) is 16.2 Å². The Morgan fingerprint density at radius 2 is 2.00 bits per heavy atom. The molecule has 2 rings (SSSR count). The van der Waals surface area contributed by atoms with Gasteiger partial charge in [0.1, 0.15) is 5.75 Å². The number of imidazole rings is 1. The molecule has 0 atom stereocenters. The summed E-state index contributed by atoms with van der Waals surface area (Å²) in [6, 6.07) is 8.09. The molecule has 96 valence electrons. The zero-order valence-electron chi connectivity index (χ0n) is 11.0. The molecule has 3 heteroatoms. The Hall–Kier alpha value is -1.77. The van der Waals surface area contributed by atoms with E-state index in [4.69, 9.17) is 4.74 Å². The fourth-order valence-corrected chi connectivity index (χ4v) is 1.81. The molecule has 0 radical (unpaired) electrons. The van der Waals surface area contributed by atoms with Gasteiger partial charge in [-0.3, -0.25) is 0 Å². The molecular weight excluding hydrogens is 224 g/mol. The molecule has 0 aliphatic heterocycles. The lowest BCUT2D eigenvalue weighted by atomic mass is 10.1. The number of hydrogen-bond donors (Lipinski definition) is 0. The molecule has 1 aromatic heterocycles. The average Bonchev–Trinajstić information content (AvgIpc) is 2.89. The van der Waals surface area contributed by atoms with Crippen molar-refractivity contribution in [2.24, 2.45) is 5.92 Å². The van der Waals surface area contributed by atoms with Crippen LogP contribution in [0.1, 0.15) is 26.7 Å². The van der Waals surface area contributed by atoms with E-state index in [-0.39, 0.29) is 0 Å². The molecule has 0 saturated carbocycles. The normalized spacial score (nSPS) is 10.8. The number of ether oxygens (including phenoxy) is 1. The lowest BCUT2D eigenvalue weighted by Gasteiger charge is -2.08. The zero-order chi connectivity index (χ0) is 12.8. The summed E-state index contributed by atoms with van der Waals surface area (Å²) in [5.41, 5.74) is 1.10. The van der Waals surface area contributed by atoms with Gasteiger partial charge in [-0.15, -0.1) is 0 Å². The first kappa shape index (κ1) is 12.7. The van der Waals surface area contributed by atoms with Crippen molar-refractivity contribution < 1.29 is 4.74 Å². The Balaban J connectivity index is 1.84. The summed E-state index contributed by atoms with van der Waals surface area (Å²) in [6.07, 6.45) is 7.82. The van der Waals surface area contributed by atoms with Crippen LogP contribution in [0, 0.1) is 5.92 Å². The van der Waals surface area contributed by atoms with Gasteiger partial charge in [0.15, 0.2) is 0 Å². The molecule has 0 N–H and O–H groups in total. The molecule has 1 heterocycles. The number of nitrogens with zero attached hydrogens (tertiary/aromatic N) is 2. The maximum atomic E-state index is 5.70. The van der Waals surface area contributed by atoms with Crippen molar-refractivity contribution in [2.75, 3.05) is 6.61 Å². The van der Waals surface area contributed by atoms with E-state index in [0.717, 1.165) is 30.4 Å². The van der Waals surface area contributed by atoms with Gasteiger partial charge in [0.2, 0.25) is 0 Å². The topological polar surface area (TPSA) is 27.1 Å². The van der Waals surface area contributed by atoms with Crippen LogP contribution in [-0.2, 0) is 0 Å². The quantitative estimate of drug-likeness (QED) is 0.725. The van der Waals surface area contributed by atoms with Crippen molar-refractivity contribution in [1.29, 1.82) is 0 Å². The van der Waals surface area contributed by atoms with Crippen LogP contribution in [0.2, 0.25) is 0 Å². The fourth-order valence-electron chi connectivity index (χ4n) is 1.81. The highest BCUT2D eigenvalue weighted by Crippen LogP contribution is 2.15. The highest BCUT2D eigenvalue weighted by molar-refractivity contribution is 5.37. The molecule has 0 unspecified atom stereocenters. The van der Waals surface area contributed by atoms with E-state index < -0.39 is 0 Å². The van der Waals surface area contributed by atoms with Gasteiger partial charge in [-0.05, 0) is 43.0 Å². The van der Waals surface area contributed by atoms with Gasteiger partial charge in [-0.1, -0.05) is 13.8 Å². The summed E-state index contributed by atoms with van der Waals surface area (Å²) in [5, 5.41) is 0. The van der Waals surface area contributed by atoms with Crippen molar-refractivity contribution in [3.8, 4) is 11.4 Å². The molecule has 0 saturated heterocycles. The molecule has 0 bridgehead atoms. The zero-order valence-corrected chi connectivity index (χ0v) is 11.0. The van der Waals surface area contributed by atoms with Gasteiger partial charge in [-0.2, -0.15) is 0 Å². The van der Waals surface area contributed by atoms with Crippen molar-refractivity contribution in [1.82, 2.24) is 9.55 Å². The van der Waals surface area contributed by atoms with E-state index >= 15 is 0 Å². The Labute approximate surface area is 108 Å². The molecule has 1 aromatic carbocycles. The minimum Gasteiger partial charge on any atom is -0.494 e. The monoisotopic (exact) mass is 244 g/mol. The summed E-state index contributed by atoms with van der Waals surface area (Å²) < 4.78 is 7.68. The van der Waals surface area contributed by atoms with Crippen LogP contribution in [0.5, 0.6) is 5.75 Å². The van der Waals surface area contributed by atoms with Crippen molar-refractivity contribution in [3.05, 3.63) is 43.0 Å². The molecule has 0 fully saturated rings. The second kappa shape index (κ2) is 6.24. The largest absolute Gasteiger partial charge is 0.494 e. The standard InChI is InChI=1S/C15H20N2O/c1-13(2)4-3-11-18-15-7-5-14(6-8-15)17-10-9-16-12-17/h5-10,12-13H,3-4,11H2,1-2H3. The van der Waals surface area contributed by atoms with E-state index in [1.165, 1.54) is 6.42 Å². The van der Waals surface area contributed by atoms with Crippen molar-refractivity contribution in [3.63, 3.8) is 0 Å². The van der Waals surface area contributed by atoms with Crippen molar-refractivity contribution >= 4 is 0 Å².